The van der Waals surface area contributed by atoms with E-state index in [-0.39, 0.29) is 30.1 Å². The number of nitrogens with one attached hydrogen (secondary N) is 1. The van der Waals surface area contributed by atoms with Gasteiger partial charge in [-0.25, -0.2) is 0 Å². The predicted octanol–water partition coefficient (Wildman–Crippen LogP) is 4.28. The van der Waals surface area contributed by atoms with E-state index in [2.05, 4.69) is 27.6 Å². The predicted molar refractivity (Wildman–Crippen MR) is 153 cm³/mol. The van der Waals surface area contributed by atoms with Gasteiger partial charge in [-0.15, -0.1) is 0 Å². The van der Waals surface area contributed by atoms with Crippen molar-refractivity contribution in [3.63, 3.8) is 0 Å². The second kappa shape index (κ2) is 11.9. The number of hydrogen-bond acceptors (Lipinski definition) is 6. The summed E-state index contributed by atoms with van der Waals surface area (Å²) < 4.78 is 39.5. The number of hydrazone groups is 1. The standard InChI is InChI=1S/C31H37F3N6O2/c32-31(33,34)23-9-6-10-24(21-23)37-17-19-38(20-18-37)28(41)14-13-27-35-36-30-39(16-15-22-7-2-1-3-8-22)29(42)25-11-4-5-12-26(25)40(27)30/h1-3,6-10,21,25-26,30,36H,4-5,11-20H2. The number of fused-ring (bicyclic) bond motifs is 3. The van der Waals surface area contributed by atoms with Crippen LogP contribution in [0.25, 0.3) is 0 Å². The molecule has 4 aliphatic rings. The molecule has 0 bridgehead atoms. The number of halogens is 3. The van der Waals surface area contributed by atoms with Crippen molar-refractivity contribution in [1.82, 2.24) is 20.1 Å². The summed E-state index contributed by atoms with van der Waals surface area (Å²) in [5.74, 6) is 0.968. The number of amides is 2. The number of amidine groups is 1. The van der Waals surface area contributed by atoms with Crippen LogP contribution in [0.4, 0.5) is 18.9 Å². The molecule has 224 valence electrons. The van der Waals surface area contributed by atoms with Crippen molar-refractivity contribution in [1.29, 1.82) is 0 Å². The lowest BCUT2D eigenvalue weighted by atomic mass is 9.80. The third kappa shape index (κ3) is 5.78. The molecule has 6 rings (SSSR count). The van der Waals surface area contributed by atoms with Gasteiger partial charge in [0.15, 0.2) is 6.29 Å². The van der Waals surface area contributed by atoms with Crippen molar-refractivity contribution < 1.29 is 22.8 Å². The van der Waals surface area contributed by atoms with Crippen molar-refractivity contribution in [2.45, 2.75) is 63.5 Å². The summed E-state index contributed by atoms with van der Waals surface area (Å²) in [7, 11) is 0. The zero-order valence-electron chi connectivity index (χ0n) is 23.6. The second-order valence-corrected chi connectivity index (χ2v) is 11.6. The summed E-state index contributed by atoms with van der Waals surface area (Å²) in [4.78, 5) is 34.7. The molecule has 1 saturated carbocycles. The van der Waals surface area contributed by atoms with Crippen LogP contribution in [0.2, 0.25) is 0 Å². The van der Waals surface area contributed by atoms with Crippen LogP contribution in [-0.2, 0) is 22.2 Å². The average Bonchev–Trinajstić information content (AvgIpc) is 3.44. The maximum atomic E-state index is 13.6. The molecule has 3 unspecified atom stereocenters. The molecule has 8 nitrogen and oxygen atoms in total. The van der Waals surface area contributed by atoms with Crippen LogP contribution in [0.3, 0.4) is 0 Å². The Kier molecular flexibility index (Phi) is 8.00. The van der Waals surface area contributed by atoms with Crippen LogP contribution < -0.4 is 10.3 Å². The van der Waals surface area contributed by atoms with Crippen molar-refractivity contribution in [2.75, 3.05) is 37.6 Å². The summed E-state index contributed by atoms with van der Waals surface area (Å²) >= 11 is 0. The molecule has 0 radical (unpaired) electrons. The van der Waals surface area contributed by atoms with Gasteiger partial charge in [0.05, 0.1) is 11.5 Å². The van der Waals surface area contributed by atoms with Gasteiger partial charge < -0.3 is 19.6 Å². The number of carbonyl (C=O) groups is 2. The molecule has 1 aliphatic carbocycles. The van der Waals surface area contributed by atoms with Gasteiger partial charge >= 0.3 is 6.18 Å². The number of carbonyl (C=O) groups excluding carboxylic acids is 2. The lowest BCUT2D eigenvalue weighted by Crippen LogP contribution is -2.67. The smallest absolute Gasteiger partial charge is 0.368 e. The summed E-state index contributed by atoms with van der Waals surface area (Å²) in [6.45, 7) is 2.47. The Hall–Kier alpha value is -3.76. The highest BCUT2D eigenvalue weighted by atomic mass is 19.4. The Bertz CT molecular complexity index is 1310. The van der Waals surface area contributed by atoms with Gasteiger partial charge in [0.2, 0.25) is 11.8 Å². The van der Waals surface area contributed by atoms with E-state index in [0.717, 1.165) is 44.0 Å². The lowest BCUT2D eigenvalue weighted by molar-refractivity contribution is -0.155. The van der Waals surface area contributed by atoms with E-state index >= 15 is 0 Å². The summed E-state index contributed by atoms with van der Waals surface area (Å²) in [6, 6.07) is 15.6. The first-order valence-corrected chi connectivity index (χ1v) is 14.9. The molecule has 2 amide bonds. The van der Waals surface area contributed by atoms with Crippen LogP contribution in [0.5, 0.6) is 0 Å². The Labute approximate surface area is 244 Å². The molecule has 3 atom stereocenters. The van der Waals surface area contributed by atoms with Crippen molar-refractivity contribution in [2.24, 2.45) is 11.0 Å². The molecule has 2 aromatic carbocycles. The fourth-order valence-corrected chi connectivity index (χ4v) is 6.83. The number of nitrogens with zero attached hydrogens (tertiary/aromatic N) is 5. The van der Waals surface area contributed by atoms with Crippen LogP contribution in [0, 0.1) is 5.92 Å². The molecular formula is C31H37F3N6O2. The van der Waals surface area contributed by atoms with Crippen molar-refractivity contribution >= 4 is 23.3 Å². The van der Waals surface area contributed by atoms with Gasteiger partial charge in [-0.1, -0.05) is 49.2 Å². The van der Waals surface area contributed by atoms with Gasteiger partial charge in [0.1, 0.15) is 5.84 Å². The molecule has 3 aliphatic heterocycles. The van der Waals surface area contributed by atoms with E-state index in [9.17, 15) is 22.8 Å². The maximum Gasteiger partial charge on any atom is 0.416 e. The van der Waals surface area contributed by atoms with Crippen molar-refractivity contribution in [3.05, 3.63) is 65.7 Å². The van der Waals surface area contributed by atoms with Crippen LogP contribution in [0.15, 0.2) is 59.7 Å². The number of piperazine rings is 1. The van der Waals surface area contributed by atoms with Crippen LogP contribution >= 0.6 is 0 Å². The number of anilines is 1. The number of benzene rings is 2. The van der Waals surface area contributed by atoms with E-state index in [1.54, 1.807) is 11.0 Å². The van der Waals surface area contributed by atoms with E-state index < -0.39 is 11.7 Å². The summed E-state index contributed by atoms with van der Waals surface area (Å²) in [6.07, 6.45) is 0.735. The van der Waals surface area contributed by atoms with Crippen molar-refractivity contribution in [3.8, 4) is 0 Å². The zero-order chi connectivity index (χ0) is 29.3. The monoisotopic (exact) mass is 582 g/mol. The maximum absolute atomic E-state index is 13.6. The van der Waals surface area contributed by atoms with Gasteiger partial charge in [-0.2, -0.15) is 18.3 Å². The SMILES string of the molecule is O=C(CCC1=NNC2N(CCc3ccccc3)C(=O)C3CCCCC3N12)N1CCN(c2cccc(C(F)(F)F)c2)CC1. The highest BCUT2D eigenvalue weighted by molar-refractivity contribution is 5.91. The molecule has 1 N–H and O–H groups in total. The molecule has 42 heavy (non-hydrogen) atoms. The minimum absolute atomic E-state index is 0.0130. The molecule has 3 fully saturated rings. The normalized spacial score (nSPS) is 24.2. The van der Waals surface area contributed by atoms with E-state index in [4.69, 9.17) is 0 Å². The van der Waals surface area contributed by atoms with Crippen LogP contribution in [0.1, 0.15) is 49.7 Å². The largest absolute Gasteiger partial charge is 0.416 e. The van der Waals surface area contributed by atoms with Gasteiger partial charge in [0, 0.05) is 57.3 Å². The third-order valence-electron chi connectivity index (χ3n) is 9.07. The summed E-state index contributed by atoms with van der Waals surface area (Å²) in [5.41, 5.74) is 4.24. The fourth-order valence-electron chi connectivity index (χ4n) is 6.83. The van der Waals surface area contributed by atoms with E-state index in [1.165, 1.54) is 17.7 Å². The molecule has 11 heteroatoms. The first kappa shape index (κ1) is 28.4. The Balaban J connectivity index is 1.06. The minimum Gasteiger partial charge on any atom is -0.368 e. The zero-order valence-corrected chi connectivity index (χ0v) is 23.6. The Morgan fingerprint density at radius 2 is 1.71 bits per heavy atom. The topological polar surface area (TPSA) is 71.5 Å². The molecular weight excluding hydrogens is 545 g/mol. The Morgan fingerprint density at radius 3 is 2.48 bits per heavy atom. The molecule has 2 aromatic rings. The van der Waals surface area contributed by atoms with E-state index in [0.29, 0.717) is 51.3 Å². The molecule has 0 aromatic heterocycles. The Morgan fingerprint density at radius 1 is 0.952 bits per heavy atom. The average molecular weight is 583 g/mol. The molecule has 0 spiro atoms. The number of alkyl halides is 3. The lowest BCUT2D eigenvalue weighted by Gasteiger charge is -2.50. The van der Waals surface area contributed by atoms with Gasteiger partial charge in [-0.05, 0) is 43.0 Å². The van der Waals surface area contributed by atoms with Gasteiger partial charge in [0.25, 0.3) is 0 Å². The number of hydrogen-bond donors (Lipinski definition) is 1. The first-order valence-electron chi connectivity index (χ1n) is 14.9. The minimum atomic E-state index is -4.39. The van der Waals surface area contributed by atoms with E-state index in [1.807, 2.05) is 28.0 Å². The highest BCUT2D eigenvalue weighted by Gasteiger charge is 2.50. The van der Waals surface area contributed by atoms with Crippen LogP contribution in [-0.4, -0.2) is 77.4 Å². The fraction of sp³-hybridized carbons (Fsp3) is 0.516. The quantitative estimate of drug-likeness (QED) is 0.528. The molecule has 3 heterocycles. The first-order chi connectivity index (χ1) is 20.3. The second-order valence-electron chi connectivity index (χ2n) is 11.6. The van der Waals surface area contributed by atoms with Gasteiger partial charge in [-0.3, -0.25) is 15.0 Å². The number of rotatable bonds is 7. The summed E-state index contributed by atoms with van der Waals surface area (Å²) in [5, 5.41) is 4.64. The molecule has 2 saturated heterocycles. The third-order valence-corrected chi connectivity index (χ3v) is 9.07. The highest BCUT2D eigenvalue weighted by Crippen LogP contribution is 2.38.